The van der Waals surface area contributed by atoms with E-state index in [1.165, 1.54) is 7.11 Å². The van der Waals surface area contributed by atoms with Crippen LogP contribution in [0.15, 0.2) is 0 Å². The standard InChI is InChI=1S/C8H22O3SSi2/c1-11-12(9,10)8(13(2,3)4)14(5,6)7/h8H,1-7H3. The summed E-state index contributed by atoms with van der Waals surface area (Å²) >= 11 is 0. The first-order valence-corrected chi connectivity index (χ1v) is 13.3. The minimum absolute atomic E-state index is 0.229. The first-order valence-electron chi connectivity index (χ1n) is 4.72. The molecule has 3 nitrogen and oxygen atoms in total. The average molecular weight is 254 g/mol. The second-order valence-corrected chi connectivity index (χ2v) is 19.6. The Labute approximate surface area is 90.0 Å². The summed E-state index contributed by atoms with van der Waals surface area (Å²) in [6.07, 6.45) is 0. The van der Waals surface area contributed by atoms with Crippen LogP contribution in [0.5, 0.6) is 0 Å². The minimum atomic E-state index is -3.35. The van der Waals surface area contributed by atoms with Crippen LogP contribution < -0.4 is 0 Å². The van der Waals surface area contributed by atoms with Crippen molar-refractivity contribution in [2.75, 3.05) is 7.11 Å². The number of hydrogen-bond acceptors (Lipinski definition) is 3. The Morgan fingerprint density at radius 1 is 0.929 bits per heavy atom. The van der Waals surface area contributed by atoms with Crippen LogP contribution in [0, 0.1) is 0 Å². The van der Waals surface area contributed by atoms with E-state index in [2.05, 4.69) is 39.3 Å². The van der Waals surface area contributed by atoms with Gasteiger partial charge in [0.1, 0.15) is 0 Å². The van der Waals surface area contributed by atoms with Crippen molar-refractivity contribution in [2.45, 2.75) is 43.8 Å². The summed E-state index contributed by atoms with van der Waals surface area (Å²) in [5, 5.41) is 0. The van der Waals surface area contributed by atoms with Crippen molar-refractivity contribution in [2.24, 2.45) is 0 Å². The molecule has 0 aliphatic carbocycles. The highest BCUT2D eigenvalue weighted by Crippen LogP contribution is 2.26. The van der Waals surface area contributed by atoms with E-state index >= 15 is 0 Å². The SMILES string of the molecule is COS(=O)(=O)C([Si](C)(C)C)[Si](C)(C)C. The summed E-state index contributed by atoms with van der Waals surface area (Å²) in [5.41, 5.74) is 0. The lowest BCUT2D eigenvalue weighted by molar-refractivity contribution is 0.398. The van der Waals surface area contributed by atoms with Crippen molar-refractivity contribution in [3.63, 3.8) is 0 Å². The van der Waals surface area contributed by atoms with Crippen molar-refractivity contribution in [1.82, 2.24) is 0 Å². The van der Waals surface area contributed by atoms with Gasteiger partial charge in [0.05, 0.1) is 27.8 Å². The highest BCUT2D eigenvalue weighted by Gasteiger charge is 2.46. The van der Waals surface area contributed by atoms with E-state index in [0.717, 1.165) is 0 Å². The third-order valence-electron chi connectivity index (χ3n) is 2.09. The molecule has 0 saturated carbocycles. The number of hydrogen-bond donors (Lipinski definition) is 0. The van der Waals surface area contributed by atoms with Gasteiger partial charge >= 0.3 is 0 Å². The van der Waals surface area contributed by atoms with Crippen molar-refractivity contribution < 1.29 is 12.6 Å². The van der Waals surface area contributed by atoms with E-state index in [1.807, 2.05) is 0 Å². The zero-order valence-electron chi connectivity index (χ0n) is 10.2. The first kappa shape index (κ1) is 14.3. The molecule has 0 fully saturated rings. The fourth-order valence-electron chi connectivity index (χ4n) is 2.26. The van der Waals surface area contributed by atoms with Crippen LogP contribution in [0.25, 0.3) is 0 Å². The van der Waals surface area contributed by atoms with Crippen LogP contribution in [-0.4, -0.2) is 36.2 Å². The van der Waals surface area contributed by atoms with Gasteiger partial charge in [0.2, 0.25) is 0 Å². The number of rotatable bonds is 4. The molecule has 0 unspecified atom stereocenters. The lowest BCUT2D eigenvalue weighted by atomic mass is 11.7. The quantitative estimate of drug-likeness (QED) is 0.570. The summed E-state index contributed by atoms with van der Waals surface area (Å²) in [6, 6.07) is 0. The van der Waals surface area contributed by atoms with E-state index in [9.17, 15) is 8.42 Å². The summed E-state index contributed by atoms with van der Waals surface area (Å²) in [6.45, 7) is 12.5. The Hall–Kier alpha value is 0.344. The van der Waals surface area contributed by atoms with E-state index < -0.39 is 26.3 Å². The van der Waals surface area contributed by atoms with Gasteiger partial charge in [-0.2, -0.15) is 8.42 Å². The molecule has 14 heavy (non-hydrogen) atoms. The summed E-state index contributed by atoms with van der Waals surface area (Å²) < 4.78 is 28.1. The zero-order valence-corrected chi connectivity index (χ0v) is 13.0. The topological polar surface area (TPSA) is 43.4 Å². The Morgan fingerprint density at radius 3 is 1.29 bits per heavy atom. The van der Waals surface area contributed by atoms with Crippen LogP contribution in [0.4, 0.5) is 0 Å². The molecule has 0 aromatic carbocycles. The van der Waals surface area contributed by atoms with Crippen LogP contribution in [-0.2, 0) is 14.3 Å². The molecule has 0 N–H and O–H groups in total. The predicted octanol–water partition coefficient (Wildman–Crippen LogP) is 2.09. The molecular formula is C8H22O3SSi2. The normalized spacial score (nSPS) is 14.9. The molecule has 0 aromatic rings. The summed E-state index contributed by atoms with van der Waals surface area (Å²) in [7, 11) is -5.55. The molecule has 0 atom stereocenters. The third kappa shape index (κ3) is 3.49. The van der Waals surface area contributed by atoms with Crippen molar-refractivity contribution in [1.29, 1.82) is 0 Å². The molecule has 0 radical (unpaired) electrons. The van der Waals surface area contributed by atoms with Crippen molar-refractivity contribution in [3.8, 4) is 0 Å². The second kappa shape index (κ2) is 4.07. The molecule has 0 amide bonds. The Kier molecular flexibility index (Phi) is 4.17. The molecule has 0 heterocycles. The second-order valence-electron chi connectivity index (χ2n) is 5.77. The first-order chi connectivity index (χ1) is 5.93. The zero-order chi connectivity index (χ0) is 11.8. The van der Waals surface area contributed by atoms with Crippen molar-refractivity contribution >= 4 is 26.3 Å². The predicted molar refractivity (Wildman–Crippen MR) is 66.4 cm³/mol. The molecule has 0 bridgehead atoms. The fraction of sp³-hybridized carbons (Fsp3) is 1.00. The molecule has 6 heteroatoms. The monoisotopic (exact) mass is 254 g/mol. The highest BCUT2D eigenvalue weighted by molar-refractivity contribution is 7.91. The van der Waals surface area contributed by atoms with Crippen LogP contribution in [0.3, 0.4) is 0 Å². The smallest absolute Gasteiger partial charge is 0.264 e. The van der Waals surface area contributed by atoms with Crippen molar-refractivity contribution in [3.05, 3.63) is 0 Å². The fourth-order valence-corrected chi connectivity index (χ4v) is 20.4. The third-order valence-corrected chi connectivity index (χ3v) is 17.5. The van der Waals surface area contributed by atoms with Gasteiger partial charge in [0, 0.05) is 0 Å². The maximum atomic E-state index is 11.8. The minimum Gasteiger partial charge on any atom is -0.274 e. The van der Waals surface area contributed by atoms with Gasteiger partial charge in [-0.3, -0.25) is 4.18 Å². The van der Waals surface area contributed by atoms with Gasteiger partial charge < -0.3 is 0 Å². The van der Waals surface area contributed by atoms with Gasteiger partial charge in [-0.05, 0) is 0 Å². The molecule has 0 spiro atoms. The lowest BCUT2D eigenvalue weighted by Gasteiger charge is -2.36. The van der Waals surface area contributed by atoms with E-state index in [4.69, 9.17) is 4.18 Å². The molecule has 0 aromatic heterocycles. The maximum Gasteiger partial charge on any atom is 0.264 e. The summed E-state index contributed by atoms with van der Waals surface area (Å²) in [5.74, 6) is 0. The molecular weight excluding hydrogens is 232 g/mol. The Morgan fingerprint density at radius 2 is 1.21 bits per heavy atom. The average Bonchev–Trinajstić information content (AvgIpc) is 1.79. The van der Waals surface area contributed by atoms with Gasteiger partial charge in [-0.15, -0.1) is 0 Å². The van der Waals surface area contributed by atoms with Crippen LogP contribution in [0.1, 0.15) is 0 Å². The highest BCUT2D eigenvalue weighted by atomic mass is 32.2. The van der Waals surface area contributed by atoms with Crippen LogP contribution in [0.2, 0.25) is 39.3 Å². The largest absolute Gasteiger partial charge is 0.274 e. The van der Waals surface area contributed by atoms with Crippen LogP contribution >= 0.6 is 0 Å². The summed E-state index contributed by atoms with van der Waals surface area (Å²) in [4.78, 5) is 0. The molecule has 0 rings (SSSR count). The molecule has 0 aliphatic rings. The molecule has 0 aliphatic heterocycles. The molecule has 86 valence electrons. The van der Waals surface area contributed by atoms with Gasteiger partial charge in [-0.1, -0.05) is 39.3 Å². The Bertz CT molecular complexity index is 271. The van der Waals surface area contributed by atoms with Gasteiger partial charge in [0.25, 0.3) is 10.1 Å². The molecule has 0 saturated heterocycles. The van der Waals surface area contributed by atoms with Gasteiger partial charge in [-0.25, -0.2) is 0 Å². The maximum absolute atomic E-state index is 11.8. The Balaban J connectivity index is 5.38. The lowest BCUT2D eigenvalue weighted by Crippen LogP contribution is -2.58. The van der Waals surface area contributed by atoms with Gasteiger partial charge in [0.15, 0.2) is 0 Å². The van der Waals surface area contributed by atoms with E-state index in [0.29, 0.717) is 0 Å². The van der Waals surface area contributed by atoms with E-state index in [1.54, 1.807) is 0 Å². The van der Waals surface area contributed by atoms with E-state index in [-0.39, 0.29) is 4.50 Å².